The van der Waals surface area contributed by atoms with Crippen LogP contribution in [0.15, 0.2) is 30.3 Å². The Hall–Kier alpha value is -1.39. The minimum atomic E-state index is -0.777. The van der Waals surface area contributed by atoms with E-state index in [0.717, 1.165) is 31.8 Å². The number of nitrogens with one attached hydrogen (secondary N) is 1. The maximum atomic E-state index is 11.7. The van der Waals surface area contributed by atoms with Crippen LogP contribution >= 0.6 is 0 Å². The van der Waals surface area contributed by atoms with Gasteiger partial charge in [-0.05, 0) is 77.1 Å². The van der Waals surface area contributed by atoms with Crippen LogP contribution in [0.25, 0.3) is 0 Å². The molecule has 0 aliphatic carbocycles. The molecule has 1 aromatic rings. The van der Waals surface area contributed by atoms with Crippen molar-refractivity contribution < 1.29 is 4.79 Å². The lowest BCUT2D eigenvalue weighted by atomic mass is 9.90. The second-order valence-electron chi connectivity index (χ2n) is 7.66. The van der Waals surface area contributed by atoms with E-state index >= 15 is 0 Å². The number of benzene rings is 1. The number of amides is 1. The lowest BCUT2D eigenvalue weighted by Gasteiger charge is -2.32. The quantitative estimate of drug-likeness (QED) is 0.720. The van der Waals surface area contributed by atoms with Crippen LogP contribution in [-0.2, 0) is 11.2 Å². The van der Waals surface area contributed by atoms with Crippen LogP contribution in [0, 0.1) is 5.92 Å². The fraction of sp³-hybridized carbons (Fsp3) is 0.650. The zero-order valence-electron chi connectivity index (χ0n) is 15.3. The molecule has 0 unspecified atom stereocenters. The highest BCUT2D eigenvalue weighted by Crippen LogP contribution is 2.21. The predicted molar refractivity (Wildman–Crippen MR) is 99.8 cm³/mol. The molecule has 24 heavy (non-hydrogen) atoms. The normalized spacial score (nSPS) is 17.0. The van der Waals surface area contributed by atoms with Crippen molar-refractivity contribution in [1.82, 2.24) is 10.2 Å². The van der Waals surface area contributed by atoms with E-state index < -0.39 is 5.54 Å². The number of carbonyl (C=O) groups excluding carboxylic acids is 1. The summed E-state index contributed by atoms with van der Waals surface area (Å²) < 4.78 is 0. The van der Waals surface area contributed by atoms with Crippen LogP contribution < -0.4 is 11.1 Å². The number of piperidine rings is 1. The number of carbonyl (C=O) groups is 1. The molecule has 4 nitrogen and oxygen atoms in total. The van der Waals surface area contributed by atoms with Gasteiger partial charge in [-0.15, -0.1) is 0 Å². The smallest absolute Gasteiger partial charge is 0.239 e. The number of nitrogens with two attached hydrogens (primary N) is 1. The summed E-state index contributed by atoms with van der Waals surface area (Å²) in [5.74, 6) is 0.763. The standard InChI is InChI=1S/C20H33N3O/c1-20(2,21)19(24)22-12-6-7-13-23-14-10-18(11-15-23)16-17-8-4-3-5-9-17/h3-5,8-9,18H,6-7,10-16,21H2,1-2H3,(H,22,24). The summed E-state index contributed by atoms with van der Waals surface area (Å²) >= 11 is 0. The van der Waals surface area contributed by atoms with E-state index in [1.54, 1.807) is 13.8 Å². The zero-order chi connectivity index (χ0) is 17.4. The van der Waals surface area contributed by atoms with Gasteiger partial charge in [0.25, 0.3) is 0 Å². The summed E-state index contributed by atoms with van der Waals surface area (Å²) in [6, 6.07) is 10.8. The van der Waals surface area contributed by atoms with E-state index in [9.17, 15) is 4.79 Å². The average molecular weight is 332 g/mol. The Balaban J connectivity index is 1.54. The highest BCUT2D eigenvalue weighted by Gasteiger charge is 2.21. The van der Waals surface area contributed by atoms with E-state index in [4.69, 9.17) is 5.73 Å². The number of likely N-dealkylation sites (tertiary alicyclic amines) is 1. The fourth-order valence-electron chi connectivity index (χ4n) is 3.25. The first-order chi connectivity index (χ1) is 11.4. The van der Waals surface area contributed by atoms with Crippen molar-refractivity contribution in [3.05, 3.63) is 35.9 Å². The molecule has 134 valence electrons. The van der Waals surface area contributed by atoms with Gasteiger partial charge in [-0.25, -0.2) is 0 Å². The second kappa shape index (κ2) is 9.19. The van der Waals surface area contributed by atoms with Crippen molar-refractivity contribution in [3.63, 3.8) is 0 Å². The lowest BCUT2D eigenvalue weighted by Crippen LogP contribution is -2.49. The summed E-state index contributed by atoms with van der Waals surface area (Å²) in [5, 5.41) is 2.91. The maximum absolute atomic E-state index is 11.7. The Bertz CT molecular complexity index is 487. The van der Waals surface area contributed by atoms with Gasteiger partial charge in [-0.1, -0.05) is 30.3 Å². The van der Waals surface area contributed by atoms with Gasteiger partial charge in [-0.2, -0.15) is 0 Å². The SMILES string of the molecule is CC(C)(N)C(=O)NCCCCN1CCC(Cc2ccccc2)CC1. The van der Waals surface area contributed by atoms with Gasteiger partial charge in [-0.3, -0.25) is 4.79 Å². The molecule has 1 amide bonds. The first-order valence-electron chi connectivity index (χ1n) is 9.28. The third kappa shape index (κ3) is 6.62. The molecule has 0 radical (unpaired) electrons. The molecular weight excluding hydrogens is 298 g/mol. The first kappa shape index (κ1) is 18.9. The summed E-state index contributed by atoms with van der Waals surface area (Å²) in [6.07, 6.45) is 5.97. The molecule has 1 aromatic carbocycles. The molecule has 3 N–H and O–H groups in total. The van der Waals surface area contributed by atoms with Crippen LogP contribution in [0.3, 0.4) is 0 Å². The van der Waals surface area contributed by atoms with Gasteiger partial charge in [0.15, 0.2) is 0 Å². The third-order valence-electron chi connectivity index (χ3n) is 4.85. The molecule has 1 heterocycles. The highest BCUT2D eigenvalue weighted by atomic mass is 16.2. The first-order valence-corrected chi connectivity index (χ1v) is 9.28. The molecule has 1 fully saturated rings. The van der Waals surface area contributed by atoms with Crippen LogP contribution in [0.1, 0.15) is 45.1 Å². The van der Waals surface area contributed by atoms with Crippen molar-refractivity contribution in [2.45, 2.75) is 51.5 Å². The highest BCUT2D eigenvalue weighted by molar-refractivity contribution is 5.84. The topological polar surface area (TPSA) is 58.4 Å². The van der Waals surface area contributed by atoms with Gasteiger partial charge < -0.3 is 16.0 Å². The van der Waals surface area contributed by atoms with Crippen LogP contribution in [0.4, 0.5) is 0 Å². The minimum absolute atomic E-state index is 0.0655. The van der Waals surface area contributed by atoms with Gasteiger partial charge >= 0.3 is 0 Å². The van der Waals surface area contributed by atoms with Crippen molar-refractivity contribution in [2.75, 3.05) is 26.2 Å². The molecule has 1 aliphatic heterocycles. The fourth-order valence-corrected chi connectivity index (χ4v) is 3.25. The summed E-state index contributed by atoms with van der Waals surface area (Å²) in [6.45, 7) is 7.76. The Morgan fingerprint density at radius 3 is 2.50 bits per heavy atom. The molecule has 0 atom stereocenters. The molecule has 2 rings (SSSR count). The molecule has 0 bridgehead atoms. The van der Waals surface area contributed by atoms with Crippen molar-refractivity contribution in [2.24, 2.45) is 11.7 Å². The van der Waals surface area contributed by atoms with Crippen LogP contribution in [-0.4, -0.2) is 42.5 Å². The summed E-state index contributed by atoms with van der Waals surface area (Å²) in [5.41, 5.74) is 6.45. The van der Waals surface area contributed by atoms with Gasteiger partial charge in [0.05, 0.1) is 5.54 Å². The second-order valence-corrected chi connectivity index (χ2v) is 7.66. The molecule has 1 aliphatic rings. The van der Waals surface area contributed by atoms with Crippen LogP contribution in [0.5, 0.6) is 0 Å². The number of rotatable bonds is 8. The Morgan fingerprint density at radius 1 is 1.21 bits per heavy atom. The van der Waals surface area contributed by atoms with Gasteiger partial charge in [0.1, 0.15) is 0 Å². The average Bonchev–Trinajstić information content (AvgIpc) is 2.56. The number of hydrogen-bond donors (Lipinski definition) is 2. The van der Waals surface area contributed by atoms with Crippen molar-refractivity contribution in [3.8, 4) is 0 Å². The number of nitrogens with zero attached hydrogens (tertiary/aromatic N) is 1. The maximum Gasteiger partial charge on any atom is 0.239 e. The molecule has 0 aromatic heterocycles. The monoisotopic (exact) mass is 331 g/mol. The van der Waals surface area contributed by atoms with E-state index in [2.05, 4.69) is 40.5 Å². The minimum Gasteiger partial charge on any atom is -0.355 e. The Labute approximate surface area is 146 Å². The Kier molecular flexibility index (Phi) is 7.25. The van der Waals surface area contributed by atoms with Gasteiger partial charge in [0.2, 0.25) is 5.91 Å². The van der Waals surface area contributed by atoms with E-state index in [1.807, 2.05) is 0 Å². The third-order valence-corrected chi connectivity index (χ3v) is 4.85. The van der Waals surface area contributed by atoms with Crippen molar-refractivity contribution in [1.29, 1.82) is 0 Å². The van der Waals surface area contributed by atoms with Crippen LogP contribution in [0.2, 0.25) is 0 Å². The summed E-state index contributed by atoms with van der Waals surface area (Å²) in [7, 11) is 0. The molecular formula is C20H33N3O. The number of hydrogen-bond acceptors (Lipinski definition) is 3. The summed E-state index contributed by atoms with van der Waals surface area (Å²) in [4.78, 5) is 14.2. The predicted octanol–water partition coefficient (Wildman–Crippen LogP) is 2.57. The van der Waals surface area contributed by atoms with Gasteiger partial charge in [0, 0.05) is 6.54 Å². The van der Waals surface area contributed by atoms with E-state index in [1.165, 1.54) is 37.9 Å². The Morgan fingerprint density at radius 2 is 1.88 bits per heavy atom. The largest absolute Gasteiger partial charge is 0.355 e. The number of unbranched alkanes of at least 4 members (excludes halogenated alkanes) is 1. The molecule has 0 spiro atoms. The molecule has 0 saturated carbocycles. The van der Waals surface area contributed by atoms with Crippen molar-refractivity contribution >= 4 is 5.91 Å². The lowest BCUT2D eigenvalue weighted by molar-refractivity contribution is -0.125. The van der Waals surface area contributed by atoms with E-state index in [0.29, 0.717) is 0 Å². The van der Waals surface area contributed by atoms with E-state index in [-0.39, 0.29) is 5.91 Å². The molecule has 1 saturated heterocycles. The zero-order valence-corrected chi connectivity index (χ0v) is 15.3. The molecule has 4 heteroatoms.